The van der Waals surface area contributed by atoms with E-state index in [-0.39, 0.29) is 0 Å². The lowest BCUT2D eigenvalue weighted by Gasteiger charge is -2.37. The molecule has 6 nitrogen and oxygen atoms in total. The molecule has 1 saturated heterocycles. The summed E-state index contributed by atoms with van der Waals surface area (Å²) in [5.74, 6) is 2.13. The van der Waals surface area contributed by atoms with E-state index in [9.17, 15) is 0 Å². The molecule has 1 heterocycles. The molecule has 0 aromatic rings. The summed E-state index contributed by atoms with van der Waals surface area (Å²) in [7, 11) is 1.81. The average molecular weight is 343 g/mol. The number of nitrogens with one attached hydrogen (secondary N) is 2. The molecule has 1 rings (SSSR count). The van der Waals surface area contributed by atoms with Crippen molar-refractivity contribution in [3.8, 4) is 0 Å². The molecule has 0 aromatic carbocycles. The van der Waals surface area contributed by atoms with E-state index in [0.717, 1.165) is 58.4 Å². The first-order valence-corrected chi connectivity index (χ1v) is 9.38. The van der Waals surface area contributed by atoms with Crippen LogP contribution in [0.2, 0.25) is 0 Å². The van der Waals surface area contributed by atoms with Gasteiger partial charge in [-0.25, -0.2) is 0 Å². The van der Waals surface area contributed by atoms with E-state index < -0.39 is 0 Å². The first-order valence-electron chi connectivity index (χ1n) is 9.38. The van der Waals surface area contributed by atoms with Gasteiger partial charge in [-0.2, -0.15) is 0 Å². The Labute approximate surface area is 148 Å². The zero-order chi connectivity index (χ0) is 17.8. The lowest BCUT2D eigenvalue weighted by molar-refractivity contribution is 0.00751. The van der Waals surface area contributed by atoms with Gasteiger partial charge in [-0.3, -0.25) is 9.89 Å². The first kappa shape index (κ1) is 21.2. The van der Waals surface area contributed by atoms with Gasteiger partial charge in [-0.05, 0) is 18.3 Å². The fourth-order valence-electron chi connectivity index (χ4n) is 2.78. The van der Waals surface area contributed by atoms with E-state index in [4.69, 9.17) is 9.47 Å². The van der Waals surface area contributed by atoms with Crippen molar-refractivity contribution in [1.29, 1.82) is 0 Å². The van der Waals surface area contributed by atoms with Gasteiger partial charge in [0.05, 0.1) is 19.8 Å². The van der Waals surface area contributed by atoms with E-state index in [0.29, 0.717) is 24.5 Å². The minimum Gasteiger partial charge on any atom is -0.380 e. The third-order valence-corrected chi connectivity index (χ3v) is 4.36. The van der Waals surface area contributed by atoms with Gasteiger partial charge >= 0.3 is 0 Å². The molecule has 1 aliphatic rings. The topological polar surface area (TPSA) is 58.1 Å². The maximum absolute atomic E-state index is 5.63. The highest BCUT2D eigenvalue weighted by Gasteiger charge is 2.23. The Morgan fingerprint density at radius 3 is 2.42 bits per heavy atom. The van der Waals surface area contributed by atoms with Gasteiger partial charge in [-0.15, -0.1) is 0 Å². The molecular formula is C18H38N4O2. The van der Waals surface area contributed by atoms with Crippen molar-refractivity contribution in [3.05, 3.63) is 0 Å². The summed E-state index contributed by atoms with van der Waals surface area (Å²) in [6, 6.07) is 0.495. The molecule has 0 bridgehead atoms. The molecule has 1 unspecified atom stereocenters. The molecule has 1 atom stereocenters. The SMILES string of the molecule is CN=C(NCCOCCC(C)C)NCC(C(C)C)N1CCOCC1. The highest BCUT2D eigenvalue weighted by atomic mass is 16.5. The maximum atomic E-state index is 5.63. The molecule has 1 aliphatic heterocycles. The van der Waals surface area contributed by atoms with Crippen molar-refractivity contribution in [2.24, 2.45) is 16.8 Å². The number of hydrogen-bond acceptors (Lipinski definition) is 4. The second kappa shape index (κ2) is 12.5. The third kappa shape index (κ3) is 8.85. The minimum absolute atomic E-state index is 0.495. The largest absolute Gasteiger partial charge is 0.380 e. The molecule has 2 N–H and O–H groups in total. The zero-order valence-corrected chi connectivity index (χ0v) is 16.3. The standard InChI is InChI=1S/C18H38N4O2/c1-15(2)6-10-23-11-7-20-18(19-5)21-14-17(16(3)4)22-8-12-24-13-9-22/h15-17H,6-14H2,1-5H3,(H2,19,20,21). The summed E-state index contributed by atoms with van der Waals surface area (Å²) in [6.45, 7) is 15.9. The van der Waals surface area contributed by atoms with Crippen molar-refractivity contribution in [3.63, 3.8) is 0 Å². The number of nitrogens with zero attached hydrogens (tertiary/aromatic N) is 2. The van der Waals surface area contributed by atoms with Gasteiger partial charge in [0.15, 0.2) is 5.96 Å². The van der Waals surface area contributed by atoms with E-state index in [2.05, 4.69) is 48.2 Å². The van der Waals surface area contributed by atoms with Gasteiger partial charge in [0.25, 0.3) is 0 Å². The Hall–Kier alpha value is -0.850. The molecule has 24 heavy (non-hydrogen) atoms. The monoisotopic (exact) mass is 342 g/mol. The highest BCUT2D eigenvalue weighted by molar-refractivity contribution is 5.79. The fourth-order valence-corrected chi connectivity index (χ4v) is 2.78. The Morgan fingerprint density at radius 2 is 1.83 bits per heavy atom. The van der Waals surface area contributed by atoms with Crippen LogP contribution < -0.4 is 10.6 Å². The number of guanidine groups is 1. The summed E-state index contributed by atoms with van der Waals surface area (Å²) in [6.07, 6.45) is 1.11. The highest BCUT2D eigenvalue weighted by Crippen LogP contribution is 2.12. The van der Waals surface area contributed by atoms with E-state index in [1.165, 1.54) is 0 Å². The predicted molar refractivity (Wildman–Crippen MR) is 101 cm³/mol. The molecule has 0 saturated carbocycles. The lowest BCUT2D eigenvalue weighted by atomic mass is 10.0. The summed E-state index contributed by atoms with van der Waals surface area (Å²) in [5.41, 5.74) is 0. The van der Waals surface area contributed by atoms with Crippen LogP contribution in [-0.2, 0) is 9.47 Å². The van der Waals surface area contributed by atoms with Crippen LogP contribution in [0.5, 0.6) is 0 Å². The number of rotatable bonds is 10. The van der Waals surface area contributed by atoms with E-state index in [1.54, 1.807) is 0 Å². The molecule has 0 aromatic heterocycles. The van der Waals surface area contributed by atoms with E-state index in [1.807, 2.05) is 7.05 Å². The van der Waals surface area contributed by atoms with Crippen molar-refractivity contribution < 1.29 is 9.47 Å². The van der Waals surface area contributed by atoms with Crippen molar-refractivity contribution in [1.82, 2.24) is 15.5 Å². The Balaban J connectivity index is 2.25. The molecule has 0 amide bonds. The summed E-state index contributed by atoms with van der Waals surface area (Å²) in [5, 5.41) is 6.78. The lowest BCUT2D eigenvalue weighted by Crippen LogP contribution is -2.52. The predicted octanol–water partition coefficient (Wildman–Crippen LogP) is 1.57. The van der Waals surface area contributed by atoms with Crippen molar-refractivity contribution >= 4 is 5.96 Å². The van der Waals surface area contributed by atoms with Crippen LogP contribution in [0.1, 0.15) is 34.1 Å². The summed E-state index contributed by atoms with van der Waals surface area (Å²) in [4.78, 5) is 6.82. The molecular weight excluding hydrogens is 304 g/mol. The van der Waals surface area contributed by atoms with Gasteiger partial charge < -0.3 is 20.1 Å². The Morgan fingerprint density at radius 1 is 1.12 bits per heavy atom. The number of ether oxygens (including phenoxy) is 2. The average Bonchev–Trinajstić information content (AvgIpc) is 2.56. The van der Waals surface area contributed by atoms with Gasteiger partial charge in [0, 0.05) is 45.9 Å². The van der Waals surface area contributed by atoms with Gasteiger partial charge in [-0.1, -0.05) is 27.7 Å². The smallest absolute Gasteiger partial charge is 0.191 e. The molecule has 142 valence electrons. The van der Waals surface area contributed by atoms with Crippen LogP contribution in [0, 0.1) is 11.8 Å². The van der Waals surface area contributed by atoms with Crippen LogP contribution in [0.25, 0.3) is 0 Å². The van der Waals surface area contributed by atoms with Crippen LogP contribution >= 0.6 is 0 Å². The zero-order valence-electron chi connectivity index (χ0n) is 16.3. The Kier molecular flexibility index (Phi) is 11.0. The maximum Gasteiger partial charge on any atom is 0.191 e. The summed E-state index contributed by atoms with van der Waals surface area (Å²) >= 11 is 0. The van der Waals surface area contributed by atoms with Crippen LogP contribution in [0.3, 0.4) is 0 Å². The molecule has 0 aliphatic carbocycles. The van der Waals surface area contributed by atoms with Gasteiger partial charge in [0.1, 0.15) is 0 Å². The first-order chi connectivity index (χ1) is 11.5. The number of morpholine rings is 1. The quantitative estimate of drug-likeness (QED) is 0.359. The normalized spacial score (nSPS) is 18.2. The van der Waals surface area contributed by atoms with Gasteiger partial charge in [0.2, 0.25) is 0 Å². The number of aliphatic imine (C=N–C) groups is 1. The summed E-state index contributed by atoms with van der Waals surface area (Å²) < 4.78 is 11.1. The van der Waals surface area contributed by atoms with Crippen molar-refractivity contribution in [2.45, 2.75) is 40.2 Å². The molecule has 0 spiro atoms. The van der Waals surface area contributed by atoms with Crippen molar-refractivity contribution in [2.75, 3.05) is 59.7 Å². The van der Waals surface area contributed by atoms with E-state index >= 15 is 0 Å². The molecule has 0 radical (unpaired) electrons. The second-order valence-corrected chi connectivity index (χ2v) is 7.13. The van der Waals surface area contributed by atoms with Crippen LogP contribution in [-0.4, -0.2) is 76.6 Å². The molecule has 6 heteroatoms. The molecule has 1 fully saturated rings. The minimum atomic E-state index is 0.495. The van der Waals surface area contributed by atoms with Crippen LogP contribution in [0.15, 0.2) is 4.99 Å². The number of hydrogen-bond donors (Lipinski definition) is 2. The fraction of sp³-hybridized carbons (Fsp3) is 0.944. The second-order valence-electron chi connectivity index (χ2n) is 7.13. The Bertz CT molecular complexity index is 342. The van der Waals surface area contributed by atoms with Crippen LogP contribution in [0.4, 0.5) is 0 Å². The third-order valence-electron chi connectivity index (χ3n) is 4.36.